The summed E-state index contributed by atoms with van der Waals surface area (Å²) >= 11 is 0. The first-order valence-electron chi connectivity index (χ1n) is 4.40. The van der Waals surface area contributed by atoms with Crippen molar-refractivity contribution in [2.75, 3.05) is 6.54 Å². The molecule has 1 amide bonds. The van der Waals surface area contributed by atoms with Crippen molar-refractivity contribution < 1.29 is 9.21 Å². The van der Waals surface area contributed by atoms with Gasteiger partial charge in [0, 0.05) is 0 Å². The first-order valence-corrected chi connectivity index (χ1v) is 4.40. The molecule has 2 heterocycles. The van der Waals surface area contributed by atoms with Gasteiger partial charge in [-0.25, -0.2) is 0 Å². The lowest BCUT2D eigenvalue weighted by Gasteiger charge is -2.25. The van der Waals surface area contributed by atoms with E-state index in [9.17, 15) is 4.79 Å². The third-order valence-corrected chi connectivity index (χ3v) is 2.16. The maximum Gasteiger partial charge on any atom is 0.237 e. The molecule has 0 radical (unpaired) electrons. The van der Waals surface area contributed by atoms with Crippen molar-refractivity contribution in [3.05, 3.63) is 24.2 Å². The molecule has 1 atom stereocenters. The average molecular weight is 180 g/mol. The number of carbonyl (C=O) groups is 1. The van der Waals surface area contributed by atoms with Crippen LogP contribution in [0.2, 0.25) is 0 Å². The fourth-order valence-electron chi connectivity index (χ4n) is 1.22. The maximum atomic E-state index is 11.3. The Bertz CT molecular complexity index is 278. The standard InChI is InChI=1S/C9H12N2O2/c12-9(8-3-4-10-8)11-6-7-2-1-5-13-7/h1-2,5,8,10H,3-4,6H2,(H,11,12)/t8-/m1/s1. The highest BCUT2D eigenvalue weighted by Gasteiger charge is 2.23. The fraction of sp³-hybridized carbons (Fsp3) is 0.444. The van der Waals surface area contributed by atoms with Gasteiger partial charge in [0.15, 0.2) is 0 Å². The van der Waals surface area contributed by atoms with Gasteiger partial charge in [-0.2, -0.15) is 0 Å². The van der Waals surface area contributed by atoms with Gasteiger partial charge in [0.25, 0.3) is 0 Å². The van der Waals surface area contributed by atoms with E-state index in [1.807, 2.05) is 12.1 Å². The molecule has 70 valence electrons. The van der Waals surface area contributed by atoms with E-state index < -0.39 is 0 Å². The van der Waals surface area contributed by atoms with Crippen molar-refractivity contribution in [1.82, 2.24) is 10.6 Å². The normalized spacial score (nSPS) is 20.8. The van der Waals surface area contributed by atoms with Crippen molar-refractivity contribution in [3.63, 3.8) is 0 Å². The third kappa shape index (κ3) is 1.89. The molecule has 0 saturated carbocycles. The molecule has 1 aliphatic heterocycles. The van der Waals surface area contributed by atoms with Crippen LogP contribution in [0.1, 0.15) is 12.2 Å². The molecule has 1 saturated heterocycles. The van der Waals surface area contributed by atoms with E-state index in [0.717, 1.165) is 18.7 Å². The summed E-state index contributed by atoms with van der Waals surface area (Å²) in [5.41, 5.74) is 0. The second-order valence-electron chi connectivity index (χ2n) is 3.09. The Morgan fingerprint density at radius 3 is 3.15 bits per heavy atom. The van der Waals surface area contributed by atoms with E-state index in [-0.39, 0.29) is 11.9 Å². The van der Waals surface area contributed by atoms with Gasteiger partial charge in [-0.3, -0.25) is 4.79 Å². The lowest BCUT2D eigenvalue weighted by Crippen LogP contribution is -2.52. The van der Waals surface area contributed by atoms with Gasteiger partial charge in [0.1, 0.15) is 5.76 Å². The molecule has 1 aliphatic rings. The third-order valence-electron chi connectivity index (χ3n) is 2.16. The monoisotopic (exact) mass is 180 g/mol. The molecule has 2 N–H and O–H groups in total. The van der Waals surface area contributed by atoms with E-state index in [0.29, 0.717) is 6.54 Å². The van der Waals surface area contributed by atoms with Crippen LogP contribution in [0.4, 0.5) is 0 Å². The molecular weight excluding hydrogens is 168 g/mol. The van der Waals surface area contributed by atoms with Crippen LogP contribution < -0.4 is 10.6 Å². The van der Waals surface area contributed by atoms with Crippen LogP contribution in [0, 0.1) is 0 Å². The highest BCUT2D eigenvalue weighted by molar-refractivity contribution is 5.82. The summed E-state index contributed by atoms with van der Waals surface area (Å²) in [5, 5.41) is 5.82. The van der Waals surface area contributed by atoms with Crippen LogP contribution in [-0.4, -0.2) is 18.5 Å². The molecule has 13 heavy (non-hydrogen) atoms. The number of amides is 1. The Hall–Kier alpha value is -1.29. The molecule has 1 aromatic rings. The van der Waals surface area contributed by atoms with Crippen LogP contribution in [0.5, 0.6) is 0 Å². The first-order chi connectivity index (χ1) is 6.36. The van der Waals surface area contributed by atoms with Crippen LogP contribution in [0.3, 0.4) is 0 Å². The molecule has 2 rings (SSSR count). The van der Waals surface area contributed by atoms with E-state index in [1.54, 1.807) is 6.26 Å². The van der Waals surface area contributed by atoms with Crippen molar-refractivity contribution in [2.45, 2.75) is 19.0 Å². The Kier molecular flexibility index (Phi) is 2.31. The summed E-state index contributed by atoms with van der Waals surface area (Å²) in [7, 11) is 0. The molecule has 0 spiro atoms. The summed E-state index contributed by atoms with van der Waals surface area (Å²) in [6.45, 7) is 1.42. The van der Waals surface area contributed by atoms with Crippen LogP contribution in [0.25, 0.3) is 0 Å². The summed E-state index contributed by atoms with van der Waals surface area (Å²) in [6, 6.07) is 3.66. The second-order valence-corrected chi connectivity index (χ2v) is 3.09. The van der Waals surface area contributed by atoms with E-state index >= 15 is 0 Å². The minimum absolute atomic E-state index is 0.00922. The van der Waals surface area contributed by atoms with Crippen molar-refractivity contribution in [2.24, 2.45) is 0 Å². The smallest absolute Gasteiger partial charge is 0.237 e. The highest BCUT2D eigenvalue weighted by Crippen LogP contribution is 2.03. The Morgan fingerprint density at radius 1 is 1.77 bits per heavy atom. The van der Waals surface area contributed by atoms with Gasteiger partial charge < -0.3 is 15.1 Å². The predicted molar refractivity (Wildman–Crippen MR) is 47.0 cm³/mol. The van der Waals surface area contributed by atoms with Crippen LogP contribution >= 0.6 is 0 Å². The Balaban J connectivity index is 1.76. The number of furan rings is 1. The van der Waals surface area contributed by atoms with Gasteiger partial charge >= 0.3 is 0 Å². The molecule has 1 fully saturated rings. The number of rotatable bonds is 3. The van der Waals surface area contributed by atoms with Crippen LogP contribution in [-0.2, 0) is 11.3 Å². The molecule has 4 nitrogen and oxygen atoms in total. The number of nitrogens with one attached hydrogen (secondary N) is 2. The molecule has 0 aromatic carbocycles. The zero-order valence-corrected chi connectivity index (χ0v) is 7.25. The topological polar surface area (TPSA) is 54.3 Å². The SMILES string of the molecule is O=C(NCc1ccco1)[C@H]1CCN1. The number of hydrogen-bond donors (Lipinski definition) is 2. The van der Waals surface area contributed by atoms with E-state index in [1.165, 1.54) is 0 Å². The summed E-state index contributed by atoms with van der Waals surface area (Å²) in [6.07, 6.45) is 2.53. The average Bonchev–Trinajstić information content (AvgIpc) is 2.49. The molecule has 1 aromatic heterocycles. The molecule has 0 aliphatic carbocycles. The van der Waals surface area contributed by atoms with Crippen molar-refractivity contribution in [3.8, 4) is 0 Å². The minimum Gasteiger partial charge on any atom is -0.467 e. The van der Waals surface area contributed by atoms with Crippen LogP contribution in [0.15, 0.2) is 22.8 Å². The summed E-state index contributed by atoms with van der Waals surface area (Å²) in [4.78, 5) is 11.3. The van der Waals surface area contributed by atoms with E-state index in [4.69, 9.17) is 4.42 Å². The van der Waals surface area contributed by atoms with Gasteiger partial charge in [-0.05, 0) is 25.1 Å². The molecular formula is C9H12N2O2. The quantitative estimate of drug-likeness (QED) is 0.701. The van der Waals surface area contributed by atoms with Crippen molar-refractivity contribution in [1.29, 1.82) is 0 Å². The largest absolute Gasteiger partial charge is 0.467 e. The predicted octanol–water partition coefficient (Wildman–Crippen LogP) is 0.258. The maximum absolute atomic E-state index is 11.3. The van der Waals surface area contributed by atoms with Gasteiger partial charge in [0.2, 0.25) is 5.91 Å². The second kappa shape index (κ2) is 3.62. The summed E-state index contributed by atoms with van der Waals surface area (Å²) < 4.78 is 5.08. The van der Waals surface area contributed by atoms with Gasteiger partial charge in [0.05, 0.1) is 18.8 Å². The minimum atomic E-state index is 0.00922. The lowest BCUT2D eigenvalue weighted by atomic mass is 10.1. The first kappa shape index (κ1) is 8.31. The Morgan fingerprint density at radius 2 is 2.62 bits per heavy atom. The van der Waals surface area contributed by atoms with Gasteiger partial charge in [-0.1, -0.05) is 0 Å². The fourth-order valence-corrected chi connectivity index (χ4v) is 1.22. The summed E-state index contributed by atoms with van der Waals surface area (Å²) in [5.74, 6) is 0.843. The molecule has 0 bridgehead atoms. The molecule has 0 unspecified atom stereocenters. The zero-order chi connectivity index (χ0) is 9.10. The van der Waals surface area contributed by atoms with Crippen molar-refractivity contribution >= 4 is 5.91 Å². The van der Waals surface area contributed by atoms with E-state index in [2.05, 4.69) is 10.6 Å². The molecule has 4 heteroatoms. The Labute approximate surface area is 76.3 Å². The lowest BCUT2D eigenvalue weighted by molar-refractivity contribution is -0.124. The number of hydrogen-bond acceptors (Lipinski definition) is 3. The highest BCUT2D eigenvalue weighted by atomic mass is 16.3. The number of carbonyl (C=O) groups excluding carboxylic acids is 1. The van der Waals surface area contributed by atoms with Gasteiger partial charge in [-0.15, -0.1) is 0 Å². The zero-order valence-electron chi connectivity index (χ0n) is 7.25.